The van der Waals surface area contributed by atoms with Crippen molar-refractivity contribution in [3.8, 4) is 0 Å². The minimum Gasteiger partial charge on any atom is -0.303 e. The second-order valence-electron chi connectivity index (χ2n) is 6.17. The zero-order valence-corrected chi connectivity index (χ0v) is 14.4. The molecule has 0 radical (unpaired) electrons. The molecular weight excluding hydrogens is 334 g/mol. The number of urea groups is 1. The van der Waals surface area contributed by atoms with Gasteiger partial charge in [-0.05, 0) is 31.1 Å². The summed E-state index contributed by atoms with van der Waals surface area (Å²) in [4.78, 5) is 36.4. The Morgan fingerprint density at radius 2 is 1.92 bits per heavy atom. The number of nitrogens with zero attached hydrogens (tertiary/aromatic N) is 2. The van der Waals surface area contributed by atoms with Gasteiger partial charge in [-0.25, -0.2) is 4.79 Å². The summed E-state index contributed by atoms with van der Waals surface area (Å²) in [5, 5.41) is 13.6. The number of aryl methyl sites for hydroxylation is 2. The number of rotatable bonds is 4. The first kappa shape index (κ1) is 17.3. The predicted octanol–water partition coefficient (Wildman–Crippen LogP) is 3.30. The first-order chi connectivity index (χ1) is 12.3. The second-order valence-corrected chi connectivity index (χ2v) is 6.17. The Kier molecular flexibility index (Phi) is 4.53. The molecule has 7 heteroatoms. The topological polar surface area (TPSA) is 92.6 Å². The lowest BCUT2D eigenvalue weighted by atomic mass is 10.1. The maximum atomic E-state index is 12.5. The number of nitro benzene ring substituents is 1. The van der Waals surface area contributed by atoms with E-state index in [-0.39, 0.29) is 17.9 Å². The quantitative estimate of drug-likeness (QED) is 0.396. The predicted molar refractivity (Wildman–Crippen MR) is 96.1 cm³/mol. The largest absolute Gasteiger partial charge is 0.329 e. The van der Waals surface area contributed by atoms with Crippen LogP contribution < -0.4 is 5.32 Å². The number of nitrogens with one attached hydrogen (secondary N) is 1. The lowest BCUT2D eigenvalue weighted by Gasteiger charge is -2.12. The number of benzene rings is 2. The van der Waals surface area contributed by atoms with E-state index in [1.165, 1.54) is 12.1 Å². The third-order valence-electron chi connectivity index (χ3n) is 4.13. The van der Waals surface area contributed by atoms with E-state index in [9.17, 15) is 19.7 Å². The van der Waals surface area contributed by atoms with Crippen LogP contribution in [-0.4, -0.2) is 21.8 Å². The van der Waals surface area contributed by atoms with Gasteiger partial charge < -0.3 is 5.32 Å². The maximum absolute atomic E-state index is 12.5. The highest BCUT2D eigenvalue weighted by Gasteiger charge is 2.33. The molecular formula is C19H17N3O4. The molecule has 3 amide bonds. The molecule has 1 N–H and O–H groups in total. The Hall–Kier alpha value is -3.48. The molecule has 1 aliphatic rings. The number of amides is 3. The summed E-state index contributed by atoms with van der Waals surface area (Å²) in [5.41, 5.74) is 2.95. The van der Waals surface area contributed by atoms with E-state index in [0.29, 0.717) is 11.1 Å². The van der Waals surface area contributed by atoms with Gasteiger partial charge in [0.25, 0.3) is 11.6 Å². The Morgan fingerprint density at radius 1 is 1.15 bits per heavy atom. The molecule has 7 nitrogen and oxygen atoms in total. The van der Waals surface area contributed by atoms with Crippen molar-refractivity contribution < 1.29 is 14.5 Å². The number of imide groups is 1. The molecule has 0 spiro atoms. The summed E-state index contributed by atoms with van der Waals surface area (Å²) >= 11 is 0. The molecule has 132 valence electrons. The van der Waals surface area contributed by atoms with Crippen LogP contribution in [0.3, 0.4) is 0 Å². The van der Waals surface area contributed by atoms with Crippen molar-refractivity contribution in [2.24, 2.45) is 0 Å². The van der Waals surface area contributed by atoms with E-state index in [1.807, 2.05) is 31.2 Å². The van der Waals surface area contributed by atoms with Gasteiger partial charge >= 0.3 is 6.03 Å². The fourth-order valence-electron chi connectivity index (χ4n) is 2.79. The van der Waals surface area contributed by atoms with Crippen LogP contribution in [0.5, 0.6) is 0 Å². The third kappa shape index (κ3) is 3.46. The van der Waals surface area contributed by atoms with Crippen molar-refractivity contribution in [2.45, 2.75) is 20.4 Å². The van der Waals surface area contributed by atoms with Gasteiger partial charge in [0.2, 0.25) is 0 Å². The van der Waals surface area contributed by atoms with Crippen LogP contribution in [0.4, 0.5) is 10.5 Å². The molecule has 0 aromatic heterocycles. The molecule has 2 aromatic carbocycles. The summed E-state index contributed by atoms with van der Waals surface area (Å²) in [7, 11) is 0. The van der Waals surface area contributed by atoms with Crippen molar-refractivity contribution in [3.05, 3.63) is 80.5 Å². The molecule has 0 atom stereocenters. The molecule has 1 aliphatic heterocycles. The Morgan fingerprint density at radius 3 is 2.62 bits per heavy atom. The van der Waals surface area contributed by atoms with E-state index in [4.69, 9.17) is 0 Å². The lowest BCUT2D eigenvalue weighted by Crippen LogP contribution is -2.30. The van der Waals surface area contributed by atoms with E-state index in [0.717, 1.165) is 16.0 Å². The van der Waals surface area contributed by atoms with Gasteiger partial charge in [-0.1, -0.05) is 42.0 Å². The van der Waals surface area contributed by atoms with Gasteiger partial charge in [-0.2, -0.15) is 0 Å². The molecule has 1 saturated heterocycles. The van der Waals surface area contributed by atoms with Crippen LogP contribution in [-0.2, 0) is 11.3 Å². The van der Waals surface area contributed by atoms with Crippen LogP contribution in [0.2, 0.25) is 0 Å². The zero-order valence-electron chi connectivity index (χ0n) is 14.4. The Balaban J connectivity index is 1.85. The van der Waals surface area contributed by atoms with Gasteiger partial charge in [-0.15, -0.1) is 0 Å². The monoisotopic (exact) mass is 351 g/mol. The number of carbonyl (C=O) groups excluding carboxylic acids is 2. The second kappa shape index (κ2) is 6.79. The van der Waals surface area contributed by atoms with Crippen LogP contribution in [0.15, 0.2) is 48.2 Å². The van der Waals surface area contributed by atoms with Crippen LogP contribution in [0.1, 0.15) is 22.3 Å². The Labute approximate surface area is 150 Å². The van der Waals surface area contributed by atoms with E-state index >= 15 is 0 Å². The summed E-state index contributed by atoms with van der Waals surface area (Å²) < 4.78 is 0. The first-order valence-corrected chi connectivity index (χ1v) is 8.00. The van der Waals surface area contributed by atoms with Gasteiger partial charge in [0.05, 0.1) is 11.5 Å². The van der Waals surface area contributed by atoms with E-state index < -0.39 is 16.9 Å². The minimum absolute atomic E-state index is 0.0345. The summed E-state index contributed by atoms with van der Waals surface area (Å²) in [6.07, 6.45) is 1.45. The smallest absolute Gasteiger partial charge is 0.303 e. The lowest BCUT2D eigenvalue weighted by molar-refractivity contribution is -0.385. The average molecular weight is 351 g/mol. The molecule has 0 saturated carbocycles. The molecule has 0 unspecified atom stereocenters. The van der Waals surface area contributed by atoms with Crippen molar-refractivity contribution in [1.82, 2.24) is 10.2 Å². The fraction of sp³-hybridized carbons (Fsp3) is 0.158. The number of hydrogen-bond donors (Lipinski definition) is 1. The molecule has 3 rings (SSSR count). The Bertz CT molecular complexity index is 950. The van der Waals surface area contributed by atoms with Crippen LogP contribution >= 0.6 is 0 Å². The summed E-state index contributed by atoms with van der Waals surface area (Å²) in [5.74, 6) is -0.459. The van der Waals surface area contributed by atoms with E-state index in [1.54, 1.807) is 19.1 Å². The van der Waals surface area contributed by atoms with Gasteiger partial charge in [0.15, 0.2) is 0 Å². The van der Waals surface area contributed by atoms with Crippen LogP contribution in [0.25, 0.3) is 6.08 Å². The summed E-state index contributed by atoms with van der Waals surface area (Å²) in [6, 6.07) is 11.7. The number of hydrogen-bond acceptors (Lipinski definition) is 4. The molecule has 0 aliphatic carbocycles. The number of carbonyl (C=O) groups is 2. The van der Waals surface area contributed by atoms with Crippen LogP contribution in [0, 0.1) is 24.0 Å². The standard InChI is InChI=1S/C19H17N3O4/c1-12-4-3-5-15(8-12)11-21-18(23)16(20-19(21)24)9-14-7-6-13(2)17(10-14)22(25)26/h3-10H,11H2,1-2H3,(H,20,24)/b16-9+. The highest BCUT2D eigenvalue weighted by atomic mass is 16.6. The summed E-state index contributed by atoms with van der Waals surface area (Å²) in [6.45, 7) is 3.74. The zero-order chi connectivity index (χ0) is 18.8. The molecule has 0 bridgehead atoms. The maximum Gasteiger partial charge on any atom is 0.329 e. The SMILES string of the molecule is Cc1cccc(CN2C(=O)N/C(=C/c3ccc(C)c([N+](=O)[O-])c3)C2=O)c1. The molecule has 26 heavy (non-hydrogen) atoms. The fourth-order valence-corrected chi connectivity index (χ4v) is 2.79. The van der Waals surface area contributed by atoms with Crippen molar-refractivity contribution in [3.63, 3.8) is 0 Å². The molecule has 2 aromatic rings. The third-order valence-corrected chi connectivity index (χ3v) is 4.13. The van der Waals surface area contributed by atoms with Crippen molar-refractivity contribution in [1.29, 1.82) is 0 Å². The van der Waals surface area contributed by atoms with Gasteiger partial charge in [0, 0.05) is 11.6 Å². The highest BCUT2D eigenvalue weighted by molar-refractivity contribution is 6.13. The number of nitro groups is 1. The molecule has 1 heterocycles. The highest BCUT2D eigenvalue weighted by Crippen LogP contribution is 2.22. The first-order valence-electron chi connectivity index (χ1n) is 8.00. The van der Waals surface area contributed by atoms with Crippen molar-refractivity contribution in [2.75, 3.05) is 0 Å². The van der Waals surface area contributed by atoms with Gasteiger partial charge in [-0.3, -0.25) is 19.8 Å². The normalized spacial score (nSPS) is 15.5. The van der Waals surface area contributed by atoms with Gasteiger partial charge in [0.1, 0.15) is 5.70 Å². The average Bonchev–Trinajstić information content (AvgIpc) is 2.84. The van der Waals surface area contributed by atoms with Crippen molar-refractivity contribution >= 4 is 23.7 Å². The minimum atomic E-state index is -0.510. The molecule has 1 fully saturated rings. The van der Waals surface area contributed by atoms with E-state index in [2.05, 4.69) is 5.32 Å².